The lowest BCUT2D eigenvalue weighted by Gasteiger charge is -2.06. The molecular formula is C19H25N5O2S. The third kappa shape index (κ3) is 6.33. The molecule has 0 spiro atoms. The predicted molar refractivity (Wildman–Crippen MR) is 109 cm³/mol. The summed E-state index contributed by atoms with van der Waals surface area (Å²) in [6.45, 7) is 2.26. The monoisotopic (exact) mass is 387 g/mol. The highest BCUT2D eigenvalue weighted by molar-refractivity contribution is 7.98. The number of anilines is 2. The second-order valence-corrected chi connectivity index (χ2v) is 7.49. The first-order valence-electron chi connectivity index (χ1n) is 8.85. The minimum atomic E-state index is 0.628. The average Bonchev–Trinajstić information content (AvgIpc) is 3.29. The van der Waals surface area contributed by atoms with Crippen LogP contribution in [0.1, 0.15) is 17.1 Å². The highest BCUT2D eigenvalue weighted by Crippen LogP contribution is 2.19. The van der Waals surface area contributed by atoms with Crippen molar-refractivity contribution in [2.75, 3.05) is 37.0 Å². The normalized spacial score (nSPS) is 11.1. The largest absolute Gasteiger partial charge is 0.464 e. The summed E-state index contributed by atoms with van der Waals surface area (Å²) >= 11 is 1.81. The van der Waals surface area contributed by atoms with Gasteiger partial charge in [-0.2, -0.15) is 11.8 Å². The molecule has 1 aromatic carbocycles. The maximum absolute atomic E-state index is 5.81. The van der Waals surface area contributed by atoms with Gasteiger partial charge in [-0.15, -0.1) is 0 Å². The number of hydrogen-bond acceptors (Lipinski definition) is 8. The molecule has 0 fully saturated rings. The summed E-state index contributed by atoms with van der Waals surface area (Å²) in [5, 5.41) is 14.3. The van der Waals surface area contributed by atoms with E-state index in [1.54, 1.807) is 0 Å². The molecule has 0 aliphatic carbocycles. The Kier molecular flexibility index (Phi) is 7.18. The molecule has 0 atom stereocenters. The Morgan fingerprint density at radius 1 is 0.963 bits per heavy atom. The van der Waals surface area contributed by atoms with Crippen molar-refractivity contribution < 1.29 is 9.05 Å². The molecule has 2 heterocycles. The van der Waals surface area contributed by atoms with Gasteiger partial charge in [0.15, 0.2) is 0 Å². The Morgan fingerprint density at radius 3 is 2.48 bits per heavy atom. The summed E-state index contributed by atoms with van der Waals surface area (Å²) in [6.07, 6.45) is 0. The van der Waals surface area contributed by atoms with Gasteiger partial charge < -0.3 is 20.0 Å². The summed E-state index contributed by atoms with van der Waals surface area (Å²) in [5.41, 5.74) is 1.18. The van der Waals surface area contributed by atoms with Gasteiger partial charge >= 0.3 is 0 Å². The van der Waals surface area contributed by atoms with E-state index >= 15 is 0 Å². The Bertz CT molecular complexity index is 803. The first-order valence-corrected chi connectivity index (χ1v) is 10.0. The molecule has 144 valence electrons. The van der Waals surface area contributed by atoms with E-state index in [-0.39, 0.29) is 0 Å². The Balaban J connectivity index is 1.36. The van der Waals surface area contributed by atoms with Crippen LogP contribution in [0.4, 0.5) is 11.6 Å². The third-order valence-electron chi connectivity index (χ3n) is 3.76. The summed E-state index contributed by atoms with van der Waals surface area (Å²) in [5.74, 6) is 5.04. The fraction of sp³-hybridized carbons (Fsp3) is 0.368. The van der Waals surface area contributed by atoms with Crippen LogP contribution in [0, 0.1) is 0 Å². The summed E-state index contributed by atoms with van der Waals surface area (Å²) in [4.78, 5) is 2.09. The van der Waals surface area contributed by atoms with E-state index in [0.29, 0.717) is 18.2 Å². The third-order valence-corrected chi connectivity index (χ3v) is 4.75. The minimum Gasteiger partial charge on any atom is -0.464 e. The lowest BCUT2D eigenvalue weighted by Crippen LogP contribution is -2.09. The van der Waals surface area contributed by atoms with Crippen molar-refractivity contribution in [2.45, 2.75) is 18.8 Å². The van der Waals surface area contributed by atoms with Crippen LogP contribution < -0.4 is 10.6 Å². The van der Waals surface area contributed by atoms with Crippen LogP contribution in [-0.2, 0) is 18.8 Å². The van der Waals surface area contributed by atoms with Crippen molar-refractivity contribution in [3.05, 3.63) is 59.5 Å². The molecule has 0 amide bonds. The van der Waals surface area contributed by atoms with E-state index in [0.717, 1.165) is 36.1 Å². The van der Waals surface area contributed by atoms with Crippen LogP contribution in [0.5, 0.6) is 0 Å². The predicted octanol–water partition coefficient (Wildman–Crippen LogP) is 3.68. The number of rotatable bonds is 11. The topological polar surface area (TPSA) is 79.4 Å². The molecule has 27 heavy (non-hydrogen) atoms. The van der Waals surface area contributed by atoms with Gasteiger partial charge in [0.1, 0.15) is 11.5 Å². The molecule has 2 aromatic heterocycles. The van der Waals surface area contributed by atoms with Crippen molar-refractivity contribution >= 4 is 23.4 Å². The maximum Gasteiger partial charge on any atom is 0.215 e. The second-order valence-electron chi connectivity index (χ2n) is 6.39. The quantitative estimate of drug-likeness (QED) is 0.482. The van der Waals surface area contributed by atoms with Gasteiger partial charge in [0.25, 0.3) is 0 Å². The van der Waals surface area contributed by atoms with E-state index in [9.17, 15) is 0 Å². The van der Waals surface area contributed by atoms with Crippen molar-refractivity contribution in [2.24, 2.45) is 0 Å². The van der Waals surface area contributed by atoms with Crippen LogP contribution in [-0.4, -0.2) is 41.6 Å². The molecule has 0 aliphatic heterocycles. The van der Waals surface area contributed by atoms with Gasteiger partial charge in [0.2, 0.25) is 11.6 Å². The lowest BCUT2D eigenvalue weighted by atomic mass is 10.2. The number of nitrogens with one attached hydrogen (secondary N) is 2. The highest BCUT2D eigenvalue weighted by Gasteiger charge is 2.09. The molecule has 3 rings (SSSR count). The minimum absolute atomic E-state index is 0.628. The van der Waals surface area contributed by atoms with Crippen molar-refractivity contribution in [1.29, 1.82) is 0 Å². The number of hydrogen-bond donors (Lipinski definition) is 2. The zero-order valence-electron chi connectivity index (χ0n) is 15.6. The average molecular weight is 388 g/mol. The molecule has 0 aliphatic rings. The van der Waals surface area contributed by atoms with Gasteiger partial charge in [-0.05, 0) is 42.1 Å². The molecule has 0 saturated heterocycles. The lowest BCUT2D eigenvalue weighted by molar-refractivity contribution is 0.310. The number of thioether (sulfide) groups is 1. The number of nitrogens with zero attached hydrogens (tertiary/aromatic N) is 3. The Labute approximate surface area is 163 Å². The summed E-state index contributed by atoms with van der Waals surface area (Å²) in [6, 6.07) is 14.2. The van der Waals surface area contributed by atoms with Gasteiger partial charge in [-0.25, -0.2) is 4.63 Å². The number of benzene rings is 1. The van der Waals surface area contributed by atoms with E-state index in [1.807, 2.05) is 56.2 Å². The van der Waals surface area contributed by atoms with Gasteiger partial charge in [0.05, 0.1) is 12.3 Å². The van der Waals surface area contributed by atoms with Crippen LogP contribution in [0.2, 0.25) is 0 Å². The molecule has 7 nitrogen and oxygen atoms in total. The zero-order valence-corrected chi connectivity index (χ0v) is 16.5. The zero-order chi connectivity index (χ0) is 18.9. The van der Waals surface area contributed by atoms with Crippen molar-refractivity contribution in [3.8, 4) is 0 Å². The standard InChI is InChI=1S/C19H25N5O2S/c1-24(2)13-16-8-9-17(25-16)14-27-11-10-20-18-19(23-26-22-18)21-12-15-6-4-3-5-7-15/h3-9H,10-14H2,1-2H3,(H,20,22)(H,21,23). The molecule has 3 aromatic rings. The molecule has 8 heteroatoms. The van der Waals surface area contributed by atoms with Gasteiger partial charge in [0, 0.05) is 18.8 Å². The number of aromatic nitrogens is 2. The smallest absolute Gasteiger partial charge is 0.215 e. The second kappa shape index (κ2) is 10.0. The SMILES string of the molecule is CN(C)Cc1ccc(CSCCNc2nonc2NCc2ccccc2)o1. The molecule has 0 unspecified atom stereocenters. The van der Waals surface area contributed by atoms with Crippen molar-refractivity contribution in [3.63, 3.8) is 0 Å². The van der Waals surface area contributed by atoms with Gasteiger partial charge in [-0.1, -0.05) is 30.3 Å². The van der Waals surface area contributed by atoms with Crippen LogP contribution >= 0.6 is 11.8 Å². The molecule has 0 radical (unpaired) electrons. The van der Waals surface area contributed by atoms with Gasteiger partial charge in [-0.3, -0.25) is 0 Å². The Morgan fingerprint density at radius 2 is 1.70 bits per heavy atom. The van der Waals surface area contributed by atoms with Crippen LogP contribution in [0.25, 0.3) is 0 Å². The van der Waals surface area contributed by atoms with Crippen molar-refractivity contribution in [1.82, 2.24) is 15.2 Å². The molecule has 2 N–H and O–H groups in total. The fourth-order valence-corrected chi connectivity index (χ4v) is 3.26. The summed E-state index contributed by atoms with van der Waals surface area (Å²) < 4.78 is 10.7. The number of furan rings is 1. The first-order chi connectivity index (χ1) is 13.2. The molecule has 0 bridgehead atoms. The van der Waals surface area contributed by atoms with E-state index in [2.05, 4.69) is 38.0 Å². The Hall–Kier alpha value is -2.45. The highest BCUT2D eigenvalue weighted by atomic mass is 32.2. The van der Waals surface area contributed by atoms with Crippen LogP contribution in [0.15, 0.2) is 51.5 Å². The fourth-order valence-electron chi connectivity index (χ4n) is 2.51. The first kappa shape index (κ1) is 19.3. The van der Waals surface area contributed by atoms with Crippen LogP contribution in [0.3, 0.4) is 0 Å². The van der Waals surface area contributed by atoms with E-state index in [4.69, 9.17) is 9.05 Å². The molecule has 0 saturated carbocycles. The summed E-state index contributed by atoms with van der Waals surface area (Å²) in [7, 11) is 4.06. The maximum atomic E-state index is 5.81. The molecular weight excluding hydrogens is 362 g/mol. The van der Waals surface area contributed by atoms with E-state index < -0.39 is 0 Å². The van der Waals surface area contributed by atoms with E-state index in [1.165, 1.54) is 5.56 Å².